The van der Waals surface area contributed by atoms with Gasteiger partial charge in [0.15, 0.2) is 0 Å². The molecule has 0 heterocycles. The lowest BCUT2D eigenvalue weighted by Gasteiger charge is -2.37. The van der Waals surface area contributed by atoms with Crippen LogP contribution in [0.15, 0.2) is 0 Å². The van der Waals surface area contributed by atoms with E-state index in [4.69, 9.17) is 44.3 Å². The van der Waals surface area contributed by atoms with Crippen molar-refractivity contribution in [3.05, 3.63) is 0 Å². The van der Waals surface area contributed by atoms with Gasteiger partial charge in [0.1, 0.15) is 0 Å². The van der Waals surface area contributed by atoms with Crippen LogP contribution in [0.3, 0.4) is 0 Å². The second-order valence-corrected chi connectivity index (χ2v) is 35.9. The quantitative estimate of drug-likeness (QED) is 0.0356. The Hall–Kier alpha value is 3.27. The first-order valence-electron chi connectivity index (χ1n) is 14.7. The number of rotatable bonds is 33. The maximum absolute atomic E-state index is 6.16. The van der Waals surface area contributed by atoms with E-state index in [0.717, 1.165) is 61.1 Å². The molecule has 2 atom stereocenters. The number of hydrogen-bond donors (Lipinski definition) is 0. The molecule has 0 bridgehead atoms. The van der Waals surface area contributed by atoms with Gasteiger partial charge in [0, 0.05) is 111 Å². The molecule has 278 valence electrons. The van der Waals surface area contributed by atoms with Crippen LogP contribution >= 0.6 is 82.5 Å². The summed E-state index contributed by atoms with van der Waals surface area (Å²) in [6.07, 6.45) is 3.93. The van der Waals surface area contributed by atoms with Gasteiger partial charge in [-0.3, -0.25) is 0 Å². The van der Waals surface area contributed by atoms with Crippen LogP contribution in [0.2, 0.25) is 36.8 Å². The van der Waals surface area contributed by atoms with E-state index in [-0.39, 0.29) is 10.8 Å². The first kappa shape index (κ1) is 49.3. The van der Waals surface area contributed by atoms with Gasteiger partial charge in [-0.05, 0) is 84.1 Å². The van der Waals surface area contributed by atoms with E-state index in [1.165, 1.54) is 0 Å². The van der Waals surface area contributed by atoms with Crippen LogP contribution in [-0.4, -0.2) is 128 Å². The zero-order valence-corrected chi connectivity index (χ0v) is 40.1. The van der Waals surface area contributed by atoms with Crippen molar-refractivity contribution in [3.63, 3.8) is 0 Å². The molecule has 0 aromatic heterocycles. The standard InChI is InChI=1S/C24H58O10S8Si4/c1-25-43(11,26-2)20-13-17-35-39-40-37-19-15-24(44(12,27-3)28-4)23(16-22-46(32-8,33-9)34-10)38-42-41-36-18-14-21-45(29-5,30-6)31-7/h23-24H,13-22H2,1-12H3. The second-order valence-electron chi connectivity index (χ2n) is 10.1. The SMILES string of the molecule is CO[Si](C)(CCCSSSSCCC(C(CC[Si](OC)(OC)OC)SSSSCCC[Si](OC)(OC)OC)[Si](C)(OC)OC)OC. The van der Waals surface area contributed by atoms with Crippen LogP contribution in [0.1, 0.15) is 25.7 Å². The lowest BCUT2D eigenvalue weighted by molar-refractivity contribution is 0.122. The summed E-state index contributed by atoms with van der Waals surface area (Å²) < 4.78 is 57.5. The Balaban J connectivity index is 5.23. The molecule has 46 heavy (non-hydrogen) atoms. The molecule has 0 aromatic carbocycles. The van der Waals surface area contributed by atoms with Gasteiger partial charge in [-0.25, -0.2) is 0 Å². The van der Waals surface area contributed by atoms with Gasteiger partial charge in [-0.1, -0.05) is 43.2 Å². The molecule has 10 nitrogen and oxygen atoms in total. The number of hydrogen-bond acceptors (Lipinski definition) is 18. The highest BCUT2D eigenvalue weighted by Gasteiger charge is 2.46. The molecular formula is C24H58O10S8Si4. The third kappa shape index (κ3) is 18.8. The highest BCUT2D eigenvalue weighted by molar-refractivity contribution is 9.26. The molecule has 0 aliphatic heterocycles. The lowest BCUT2D eigenvalue weighted by atomic mass is 10.2. The summed E-state index contributed by atoms with van der Waals surface area (Å²) in [6.45, 7) is 4.30. The molecule has 0 N–H and O–H groups in total. The van der Waals surface area contributed by atoms with E-state index in [1.807, 2.05) is 72.7 Å². The summed E-state index contributed by atoms with van der Waals surface area (Å²) in [5.41, 5.74) is 0.260. The van der Waals surface area contributed by atoms with Crippen molar-refractivity contribution in [3.8, 4) is 0 Å². The Morgan fingerprint density at radius 2 is 0.891 bits per heavy atom. The van der Waals surface area contributed by atoms with Crippen LogP contribution < -0.4 is 0 Å². The molecule has 0 aliphatic carbocycles. The first-order chi connectivity index (χ1) is 22.0. The maximum atomic E-state index is 6.16. The normalized spacial score (nSPS) is 14.6. The fourth-order valence-electron chi connectivity index (χ4n) is 4.41. The van der Waals surface area contributed by atoms with Gasteiger partial charge < -0.3 is 44.3 Å². The van der Waals surface area contributed by atoms with Gasteiger partial charge in [-0.2, -0.15) is 0 Å². The van der Waals surface area contributed by atoms with Crippen LogP contribution in [0.4, 0.5) is 0 Å². The monoisotopic (exact) mass is 874 g/mol. The smallest absolute Gasteiger partial charge is 0.398 e. The summed E-state index contributed by atoms with van der Waals surface area (Å²) in [4.78, 5) is 0. The maximum Gasteiger partial charge on any atom is 0.500 e. The predicted octanol–water partition coefficient (Wildman–Crippen LogP) is 9.13. The van der Waals surface area contributed by atoms with Crippen LogP contribution in [-0.2, 0) is 44.3 Å². The van der Waals surface area contributed by atoms with Crippen molar-refractivity contribution < 1.29 is 44.3 Å². The highest BCUT2D eigenvalue weighted by atomic mass is 33.7. The third-order valence-electron chi connectivity index (χ3n) is 7.84. The molecular weight excluding hydrogens is 817 g/mol. The van der Waals surface area contributed by atoms with E-state index in [9.17, 15) is 0 Å². The van der Waals surface area contributed by atoms with Crippen molar-refractivity contribution >= 4 is 117 Å². The molecule has 0 amide bonds. The molecule has 0 aliphatic rings. The molecule has 0 saturated heterocycles. The zero-order valence-electron chi connectivity index (χ0n) is 29.6. The van der Waals surface area contributed by atoms with E-state index in [2.05, 4.69) is 13.1 Å². The molecule has 0 saturated carbocycles. The second kappa shape index (κ2) is 28.7. The zero-order chi connectivity index (χ0) is 35.0. The van der Waals surface area contributed by atoms with Gasteiger partial charge in [0.25, 0.3) is 0 Å². The highest BCUT2D eigenvalue weighted by Crippen LogP contribution is 2.52. The molecule has 2 unspecified atom stereocenters. The molecule has 22 heteroatoms. The summed E-state index contributed by atoms with van der Waals surface area (Å²) in [5.74, 6) is 3.07. The Morgan fingerprint density at radius 3 is 1.35 bits per heavy atom. The molecule has 0 fully saturated rings. The summed E-state index contributed by atoms with van der Waals surface area (Å²) in [5, 5.41) is 0.269. The van der Waals surface area contributed by atoms with E-state index in [1.54, 1.807) is 80.9 Å². The largest absolute Gasteiger partial charge is 0.500 e. The average Bonchev–Trinajstić information content (AvgIpc) is 3.10. The van der Waals surface area contributed by atoms with Gasteiger partial charge in [0.05, 0.1) is 0 Å². The van der Waals surface area contributed by atoms with Crippen molar-refractivity contribution in [2.24, 2.45) is 0 Å². The minimum atomic E-state index is -2.74. The fourth-order valence-corrected chi connectivity index (χ4v) is 26.8. The third-order valence-corrected chi connectivity index (χ3v) is 33.9. The van der Waals surface area contributed by atoms with Crippen LogP contribution in [0.25, 0.3) is 0 Å². The minimum absolute atomic E-state index is 0.260. The van der Waals surface area contributed by atoms with Gasteiger partial charge in [-0.15, -0.1) is 0 Å². The van der Waals surface area contributed by atoms with Gasteiger partial charge >= 0.3 is 34.7 Å². The summed E-state index contributed by atoms with van der Waals surface area (Å²) >= 11 is 0. The van der Waals surface area contributed by atoms with Crippen molar-refractivity contribution in [1.82, 2.24) is 0 Å². The predicted molar refractivity (Wildman–Crippen MR) is 221 cm³/mol. The average molecular weight is 876 g/mol. The minimum Gasteiger partial charge on any atom is -0.398 e. The molecule has 0 spiro atoms. The van der Waals surface area contributed by atoms with Crippen LogP contribution in [0, 0.1) is 0 Å². The summed E-state index contributed by atoms with van der Waals surface area (Å²) in [6, 6.07) is 2.53. The fraction of sp³-hybridized carbons (Fsp3) is 1.00. The van der Waals surface area contributed by atoms with E-state index in [0.29, 0.717) is 0 Å². The van der Waals surface area contributed by atoms with Crippen molar-refractivity contribution in [2.75, 3.05) is 88.4 Å². The van der Waals surface area contributed by atoms with Crippen molar-refractivity contribution in [2.45, 2.75) is 67.7 Å². The van der Waals surface area contributed by atoms with E-state index >= 15 is 0 Å². The molecule has 0 rings (SSSR count). The lowest BCUT2D eigenvalue weighted by Crippen LogP contribution is -2.47. The molecule has 0 radical (unpaired) electrons. The van der Waals surface area contributed by atoms with Gasteiger partial charge in [0.2, 0.25) is 0 Å². The Kier molecular flexibility index (Phi) is 30.8. The first-order valence-corrected chi connectivity index (χ1v) is 33.7. The van der Waals surface area contributed by atoms with Crippen molar-refractivity contribution in [1.29, 1.82) is 0 Å². The Labute approximate surface area is 314 Å². The Bertz CT molecular complexity index is 718. The van der Waals surface area contributed by atoms with E-state index < -0.39 is 34.7 Å². The molecule has 0 aromatic rings. The summed E-state index contributed by atoms with van der Waals surface area (Å²) in [7, 11) is 22.2. The van der Waals surface area contributed by atoms with Crippen LogP contribution in [0.5, 0.6) is 0 Å². The topological polar surface area (TPSA) is 92.3 Å². The Morgan fingerprint density at radius 1 is 0.457 bits per heavy atom.